The van der Waals surface area contributed by atoms with Crippen molar-refractivity contribution >= 4 is 9.84 Å². The lowest BCUT2D eigenvalue weighted by Crippen LogP contribution is -2.40. The number of hydrogen-bond acceptors (Lipinski definition) is 3. The van der Waals surface area contributed by atoms with Gasteiger partial charge in [0, 0.05) is 5.75 Å². The van der Waals surface area contributed by atoms with Gasteiger partial charge in [-0.25, -0.2) is 8.42 Å². The van der Waals surface area contributed by atoms with Crippen LogP contribution in [0.2, 0.25) is 0 Å². The van der Waals surface area contributed by atoms with Crippen molar-refractivity contribution in [2.75, 3.05) is 18.6 Å². The van der Waals surface area contributed by atoms with Gasteiger partial charge in [0.1, 0.15) is 15.9 Å². The standard InChI is InChI=1S/C8H16F3NO2S/c1-3-15(13,14)6-4-5-7(12-2)8(9,10)11/h7,12H,3-6H2,1-2H3. The van der Waals surface area contributed by atoms with Crippen LogP contribution in [0.1, 0.15) is 19.8 Å². The van der Waals surface area contributed by atoms with Crippen LogP contribution in [0.3, 0.4) is 0 Å². The Bertz CT molecular complexity index is 274. The van der Waals surface area contributed by atoms with E-state index in [0.717, 1.165) is 0 Å². The Morgan fingerprint density at radius 1 is 1.33 bits per heavy atom. The van der Waals surface area contributed by atoms with Gasteiger partial charge in [0.2, 0.25) is 0 Å². The third kappa shape index (κ3) is 5.99. The highest BCUT2D eigenvalue weighted by Gasteiger charge is 2.37. The van der Waals surface area contributed by atoms with Crippen molar-refractivity contribution < 1.29 is 21.6 Å². The fourth-order valence-corrected chi connectivity index (χ4v) is 2.02. The topological polar surface area (TPSA) is 46.2 Å². The van der Waals surface area contributed by atoms with Crippen LogP contribution in [0.15, 0.2) is 0 Å². The van der Waals surface area contributed by atoms with E-state index >= 15 is 0 Å². The fourth-order valence-electron chi connectivity index (χ4n) is 1.12. The number of alkyl halides is 3. The number of rotatable bonds is 6. The first-order valence-electron chi connectivity index (χ1n) is 4.67. The Morgan fingerprint density at radius 2 is 1.87 bits per heavy atom. The number of nitrogens with one attached hydrogen (secondary N) is 1. The molecule has 0 heterocycles. The zero-order valence-electron chi connectivity index (χ0n) is 8.76. The molecule has 3 nitrogen and oxygen atoms in total. The summed E-state index contributed by atoms with van der Waals surface area (Å²) >= 11 is 0. The zero-order chi connectivity index (χ0) is 12.1. The molecule has 0 bridgehead atoms. The molecule has 1 atom stereocenters. The zero-order valence-corrected chi connectivity index (χ0v) is 9.58. The Hall–Kier alpha value is -0.300. The van der Waals surface area contributed by atoms with Gasteiger partial charge in [-0.15, -0.1) is 0 Å². The lowest BCUT2D eigenvalue weighted by Gasteiger charge is -2.19. The molecular weight excluding hydrogens is 231 g/mol. The van der Waals surface area contributed by atoms with Crippen LogP contribution in [0.5, 0.6) is 0 Å². The predicted octanol–water partition coefficient (Wildman–Crippen LogP) is 1.35. The van der Waals surface area contributed by atoms with E-state index in [1.54, 1.807) is 0 Å². The maximum atomic E-state index is 12.2. The minimum Gasteiger partial charge on any atom is -0.309 e. The third-order valence-corrected chi connectivity index (χ3v) is 3.92. The molecule has 0 aliphatic carbocycles. The summed E-state index contributed by atoms with van der Waals surface area (Å²) in [4.78, 5) is 0. The molecule has 0 aromatic rings. The van der Waals surface area contributed by atoms with Crippen LogP contribution in [0.25, 0.3) is 0 Å². The molecule has 0 spiro atoms. The van der Waals surface area contributed by atoms with Crippen LogP contribution in [-0.2, 0) is 9.84 Å². The van der Waals surface area contributed by atoms with Gasteiger partial charge in [0.05, 0.1) is 5.75 Å². The second-order valence-corrected chi connectivity index (χ2v) is 5.73. The Morgan fingerprint density at radius 3 is 2.20 bits per heavy atom. The summed E-state index contributed by atoms with van der Waals surface area (Å²) in [6, 6.07) is -1.62. The van der Waals surface area contributed by atoms with E-state index in [-0.39, 0.29) is 24.3 Å². The van der Waals surface area contributed by atoms with E-state index < -0.39 is 22.1 Å². The molecule has 1 unspecified atom stereocenters. The van der Waals surface area contributed by atoms with E-state index in [1.165, 1.54) is 14.0 Å². The minimum atomic E-state index is -4.31. The largest absolute Gasteiger partial charge is 0.403 e. The maximum Gasteiger partial charge on any atom is 0.403 e. The van der Waals surface area contributed by atoms with Crippen molar-refractivity contribution in [1.82, 2.24) is 5.32 Å². The lowest BCUT2D eigenvalue weighted by molar-refractivity contribution is -0.155. The van der Waals surface area contributed by atoms with Crippen molar-refractivity contribution in [3.63, 3.8) is 0 Å². The normalized spacial score (nSPS) is 15.3. The highest BCUT2D eigenvalue weighted by atomic mass is 32.2. The molecule has 0 saturated carbocycles. The van der Waals surface area contributed by atoms with E-state index in [1.807, 2.05) is 0 Å². The second kappa shape index (κ2) is 5.69. The van der Waals surface area contributed by atoms with E-state index in [9.17, 15) is 21.6 Å². The van der Waals surface area contributed by atoms with Gasteiger partial charge in [0.25, 0.3) is 0 Å². The van der Waals surface area contributed by atoms with Gasteiger partial charge in [-0.1, -0.05) is 6.92 Å². The van der Waals surface area contributed by atoms with E-state index in [0.29, 0.717) is 0 Å². The lowest BCUT2D eigenvalue weighted by atomic mass is 10.1. The van der Waals surface area contributed by atoms with Crippen molar-refractivity contribution in [2.45, 2.75) is 32.0 Å². The molecule has 0 aromatic carbocycles. The van der Waals surface area contributed by atoms with Crippen molar-refractivity contribution in [1.29, 1.82) is 0 Å². The SMILES string of the molecule is CCS(=O)(=O)CCCC(NC)C(F)(F)F. The highest BCUT2D eigenvalue weighted by molar-refractivity contribution is 7.91. The van der Waals surface area contributed by atoms with Gasteiger partial charge >= 0.3 is 6.18 Å². The number of hydrogen-bond donors (Lipinski definition) is 1. The predicted molar refractivity (Wildman–Crippen MR) is 52.5 cm³/mol. The van der Waals surface area contributed by atoms with Gasteiger partial charge < -0.3 is 5.32 Å². The monoisotopic (exact) mass is 247 g/mol. The molecule has 92 valence electrons. The number of halogens is 3. The molecule has 15 heavy (non-hydrogen) atoms. The molecule has 1 N–H and O–H groups in total. The molecule has 0 amide bonds. The van der Waals surface area contributed by atoms with Crippen LogP contribution in [-0.4, -0.2) is 39.2 Å². The average Bonchev–Trinajstić information content (AvgIpc) is 2.10. The number of sulfone groups is 1. The summed E-state index contributed by atoms with van der Waals surface area (Å²) in [6.07, 6.45) is -4.49. The van der Waals surface area contributed by atoms with Crippen molar-refractivity contribution in [2.24, 2.45) is 0 Å². The molecule has 0 radical (unpaired) electrons. The molecule has 0 aliphatic heterocycles. The smallest absolute Gasteiger partial charge is 0.309 e. The molecular formula is C8H16F3NO2S. The molecule has 7 heteroatoms. The molecule has 0 fully saturated rings. The van der Waals surface area contributed by atoms with Gasteiger partial charge in [0.15, 0.2) is 0 Å². The molecule has 0 aromatic heterocycles. The summed E-state index contributed by atoms with van der Waals surface area (Å²) in [7, 11) is -1.95. The summed E-state index contributed by atoms with van der Waals surface area (Å²) in [5, 5.41) is 2.13. The van der Waals surface area contributed by atoms with Gasteiger partial charge in [-0.3, -0.25) is 0 Å². The van der Waals surface area contributed by atoms with Crippen LogP contribution >= 0.6 is 0 Å². The third-order valence-electron chi connectivity index (χ3n) is 2.13. The molecule has 0 rings (SSSR count). The first-order chi connectivity index (χ1) is 6.73. The van der Waals surface area contributed by atoms with Crippen LogP contribution in [0.4, 0.5) is 13.2 Å². The van der Waals surface area contributed by atoms with E-state index in [2.05, 4.69) is 5.32 Å². The summed E-state index contributed by atoms with van der Waals surface area (Å²) in [5.74, 6) is -0.207. The Balaban J connectivity index is 4.05. The highest BCUT2D eigenvalue weighted by Crippen LogP contribution is 2.23. The Kier molecular flexibility index (Phi) is 5.58. The summed E-state index contributed by atoms with van der Waals surface area (Å²) in [6.45, 7) is 1.48. The van der Waals surface area contributed by atoms with Crippen LogP contribution < -0.4 is 5.32 Å². The summed E-state index contributed by atoms with van der Waals surface area (Å²) < 4.78 is 58.7. The van der Waals surface area contributed by atoms with Crippen LogP contribution in [0, 0.1) is 0 Å². The molecule has 0 saturated heterocycles. The first kappa shape index (κ1) is 14.7. The minimum absolute atomic E-state index is 0.0246. The fraction of sp³-hybridized carbons (Fsp3) is 1.00. The Labute approximate surface area is 88.0 Å². The van der Waals surface area contributed by atoms with Gasteiger partial charge in [-0.2, -0.15) is 13.2 Å². The first-order valence-corrected chi connectivity index (χ1v) is 6.49. The maximum absolute atomic E-state index is 12.2. The average molecular weight is 247 g/mol. The van der Waals surface area contributed by atoms with Gasteiger partial charge in [-0.05, 0) is 19.9 Å². The quantitative estimate of drug-likeness (QED) is 0.770. The van der Waals surface area contributed by atoms with E-state index in [4.69, 9.17) is 0 Å². The van der Waals surface area contributed by atoms with Crippen molar-refractivity contribution in [3.05, 3.63) is 0 Å². The summed E-state index contributed by atoms with van der Waals surface area (Å²) in [5.41, 5.74) is 0. The van der Waals surface area contributed by atoms with Crippen molar-refractivity contribution in [3.8, 4) is 0 Å². The second-order valence-electron chi connectivity index (χ2n) is 3.26. The molecule has 0 aliphatic rings.